The molecular formula is C34H46ClFN2O. The molecule has 0 radical (unpaired) electrons. The van der Waals surface area contributed by atoms with E-state index in [0.717, 1.165) is 64.3 Å². The third-order valence-electron chi connectivity index (χ3n) is 9.24. The van der Waals surface area contributed by atoms with E-state index in [4.69, 9.17) is 21.6 Å². The van der Waals surface area contributed by atoms with Crippen molar-refractivity contribution in [2.75, 3.05) is 6.54 Å². The van der Waals surface area contributed by atoms with Gasteiger partial charge in [0.1, 0.15) is 5.71 Å². The average Bonchev–Trinajstić information content (AvgIpc) is 3.03. The molecule has 0 aromatic heterocycles. The van der Waals surface area contributed by atoms with Gasteiger partial charge in [-0.05, 0) is 94.1 Å². The normalized spacial score (nSPS) is 28.3. The minimum absolute atomic E-state index is 0.0404. The second kappa shape index (κ2) is 12.6. The molecule has 5 heteroatoms. The fourth-order valence-corrected chi connectivity index (χ4v) is 6.86. The maximum absolute atomic E-state index is 15.1. The highest BCUT2D eigenvalue weighted by Gasteiger charge is 2.43. The maximum atomic E-state index is 15.1. The van der Waals surface area contributed by atoms with Crippen molar-refractivity contribution in [2.45, 2.75) is 104 Å². The Morgan fingerprint density at radius 1 is 1.23 bits per heavy atom. The summed E-state index contributed by atoms with van der Waals surface area (Å²) in [5, 5.41) is 0.0404. The van der Waals surface area contributed by atoms with E-state index in [1.54, 1.807) is 12.1 Å². The van der Waals surface area contributed by atoms with E-state index in [2.05, 4.69) is 52.8 Å². The van der Waals surface area contributed by atoms with Crippen LogP contribution in [0.5, 0.6) is 0 Å². The van der Waals surface area contributed by atoms with Gasteiger partial charge in [-0.2, -0.15) is 0 Å². The zero-order valence-corrected chi connectivity index (χ0v) is 25.3. The monoisotopic (exact) mass is 552 g/mol. The summed E-state index contributed by atoms with van der Waals surface area (Å²) in [6, 6.07) is 4.90. The van der Waals surface area contributed by atoms with E-state index in [0.29, 0.717) is 24.0 Å². The summed E-state index contributed by atoms with van der Waals surface area (Å²) >= 11 is 6.13. The van der Waals surface area contributed by atoms with Crippen molar-refractivity contribution in [1.29, 1.82) is 0 Å². The molecule has 2 atom stereocenters. The van der Waals surface area contributed by atoms with Crippen LogP contribution < -0.4 is 0 Å². The number of hydrogen-bond donors (Lipinski definition) is 0. The Morgan fingerprint density at radius 2 is 1.97 bits per heavy atom. The highest BCUT2D eigenvalue weighted by atomic mass is 35.5. The standard InChI is InChI=1S/C34H46ClFN2O/c1-6-20-37-23(2)26-14-12-24(13-15-26)10-11-25-21-30(39)32(28-8-7-9-29(35)31(28)36)38-34(22-25)18-16-27(17-19-34)33(3,4)5/h7-9,12-14,25-27H,6,10-11,15-22H2,1-5H3. The summed E-state index contributed by atoms with van der Waals surface area (Å²) < 4.78 is 15.1. The van der Waals surface area contributed by atoms with Crippen LogP contribution in [0, 0.1) is 29.0 Å². The lowest BCUT2D eigenvalue weighted by molar-refractivity contribution is -0.113. The number of ketones is 1. The van der Waals surface area contributed by atoms with Crippen molar-refractivity contribution in [2.24, 2.45) is 33.2 Å². The Morgan fingerprint density at radius 3 is 2.62 bits per heavy atom. The lowest BCUT2D eigenvalue weighted by Crippen LogP contribution is -2.38. The van der Waals surface area contributed by atoms with Crippen LogP contribution >= 0.6 is 11.6 Å². The fraction of sp³-hybridized carbons (Fsp3) is 0.618. The van der Waals surface area contributed by atoms with Gasteiger partial charge in [-0.3, -0.25) is 14.8 Å². The van der Waals surface area contributed by atoms with Gasteiger partial charge in [0.2, 0.25) is 0 Å². The first-order chi connectivity index (χ1) is 18.5. The van der Waals surface area contributed by atoms with Crippen molar-refractivity contribution in [1.82, 2.24) is 0 Å². The van der Waals surface area contributed by atoms with Gasteiger partial charge in [0.05, 0.1) is 10.6 Å². The third-order valence-corrected chi connectivity index (χ3v) is 9.53. The minimum atomic E-state index is -0.534. The fourth-order valence-electron chi connectivity index (χ4n) is 6.69. The first-order valence-electron chi connectivity index (χ1n) is 15.0. The smallest absolute Gasteiger partial charge is 0.181 e. The van der Waals surface area contributed by atoms with Crippen molar-refractivity contribution < 1.29 is 9.18 Å². The van der Waals surface area contributed by atoms with Crippen LogP contribution in [0.25, 0.3) is 0 Å². The Balaban J connectivity index is 1.52. The molecular weight excluding hydrogens is 507 g/mol. The number of nitrogens with zero attached hydrogens (tertiary/aromatic N) is 2. The molecule has 0 N–H and O–H groups in total. The number of rotatable bonds is 7. The Labute approximate surface area is 240 Å². The second-order valence-corrected chi connectivity index (χ2v) is 13.6. The molecule has 0 saturated heterocycles. The van der Waals surface area contributed by atoms with Crippen molar-refractivity contribution in [3.05, 3.63) is 58.4 Å². The Kier molecular flexibility index (Phi) is 9.68. The summed E-state index contributed by atoms with van der Waals surface area (Å²) in [5.41, 5.74) is 3.06. The minimum Gasteiger partial charge on any atom is -0.294 e. The van der Waals surface area contributed by atoms with Gasteiger partial charge in [0.25, 0.3) is 0 Å². The molecule has 212 valence electrons. The zero-order valence-electron chi connectivity index (χ0n) is 24.5. The van der Waals surface area contributed by atoms with Crippen LogP contribution in [0.1, 0.15) is 104 Å². The SMILES string of the molecule is CCCN=C(C)C1C=CC(CCC2CC(=O)C(c3cccc(Cl)c3F)=NC3(CCC(C(C)(C)C)CC3)C2)=CC1. The largest absolute Gasteiger partial charge is 0.294 e. The van der Waals surface area contributed by atoms with Gasteiger partial charge in [-0.1, -0.05) is 69.2 Å². The summed E-state index contributed by atoms with van der Waals surface area (Å²) in [6.45, 7) is 12.1. The quantitative estimate of drug-likeness (QED) is 0.310. The molecule has 1 aromatic carbocycles. The first kappa shape index (κ1) is 29.9. The summed E-state index contributed by atoms with van der Waals surface area (Å²) in [4.78, 5) is 23.5. The Hall–Kier alpha value is -2.07. The van der Waals surface area contributed by atoms with Gasteiger partial charge in [-0.15, -0.1) is 0 Å². The number of carbonyl (C=O) groups excluding carboxylic acids is 1. The highest BCUT2D eigenvalue weighted by molar-refractivity contribution is 6.47. The third kappa shape index (κ3) is 7.37. The number of benzene rings is 1. The van der Waals surface area contributed by atoms with Crippen LogP contribution in [0.4, 0.5) is 4.39 Å². The molecule has 1 saturated carbocycles. The predicted molar refractivity (Wildman–Crippen MR) is 163 cm³/mol. The molecule has 39 heavy (non-hydrogen) atoms. The molecule has 1 spiro atoms. The van der Waals surface area contributed by atoms with Crippen molar-refractivity contribution >= 4 is 28.8 Å². The molecule has 2 aliphatic carbocycles. The van der Waals surface area contributed by atoms with Crippen LogP contribution in [0.15, 0.2) is 52.0 Å². The van der Waals surface area contributed by atoms with E-state index < -0.39 is 5.82 Å². The van der Waals surface area contributed by atoms with Crippen molar-refractivity contribution in [3.8, 4) is 0 Å². The maximum Gasteiger partial charge on any atom is 0.181 e. The van der Waals surface area contributed by atoms with E-state index in [-0.39, 0.29) is 33.2 Å². The Bertz CT molecular complexity index is 1160. The van der Waals surface area contributed by atoms with Gasteiger partial charge in [0.15, 0.2) is 11.6 Å². The number of hydrogen-bond acceptors (Lipinski definition) is 3. The number of allylic oxidation sites excluding steroid dienone is 4. The lowest BCUT2D eigenvalue weighted by atomic mass is 9.65. The molecule has 1 aromatic rings. The first-order valence-corrected chi connectivity index (χ1v) is 15.3. The lowest BCUT2D eigenvalue weighted by Gasteiger charge is -2.43. The number of Topliss-reactive ketones (excluding diaryl/α,β-unsaturated/α-hetero) is 1. The van der Waals surface area contributed by atoms with Gasteiger partial charge in [0, 0.05) is 30.2 Å². The molecule has 0 amide bonds. The number of carbonyl (C=O) groups is 1. The van der Waals surface area contributed by atoms with E-state index >= 15 is 4.39 Å². The van der Waals surface area contributed by atoms with Crippen molar-refractivity contribution in [3.63, 3.8) is 0 Å². The molecule has 3 nitrogen and oxygen atoms in total. The van der Waals surface area contributed by atoms with Crippen LogP contribution in [-0.2, 0) is 4.79 Å². The molecule has 3 aliphatic rings. The van der Waals surface area contributed by atoms with E-state index in [9.17, 15) is 4.79 Å². The molecule has 1 heterocycles. The predicted octanol–water partition coefficient (Wildman–Crippen LogP) is 9.38. The van der Waals surface area contributed by atoms with Crippen LogP contribution in [0.2, 0.25) is 5.02 Å². The second-order valence-electron chi connectivity index (χ2n) is 13.2. The highest BCUT2D eigenvalue weighted by Crippen LogP contribution is 2.47. The molecule has 1 fully saturated rings. The summed E-state index contributed by atoms with van der Waals surface area (Å²) in [6.07, 6.45) is 16.2. The van der Waals surface area contributed by atoms with Crippen LogP contribution in [0.3, 0.4) is 0 Å². The molecule has 4 rings (SSSR count). The van der Waals surface area contributed by atoms with Gasteiger partial charge in [-0.25, -0.2) is 4.39 Å². The number of halogens is 2. The molecule has 1 aliphatic heterocycles. The van der Waals surface area contributed by atoms with E-state index in [1.165, 1.54) is 17.4 Å². The van der Waals surface area contributed by atoms with Crippen LogP contribution in [-0.4, -0.2) is 29.3 Å². The zero-order chi connectivity index (χ0) is 28.2. The van der Waals surface area contributed by atoms with E-state index in [1.807, 2.05) is 0 Å². The van der Waals surface area contributed by atoms with Gasteiger partial charge >= 0.3 is 0 Å². The number of aliphatic imine (C=N–C) groups is 2. The van der Waals surface area contributed by atoms with Gasteiger partial charge < -0.3 is 0 Å². The molecule has 2 unspecified atom stereocenters. The topological polar surface area (TPSA) is 41.8 Å². The summed E-state index contributed by atoms with van der Waals surface area (Å²) in [5.74, 6) is 0.675. The average molecular weight is 553 g/mol. The summed E-state index contributed by atoms with van der Waals surface area (Å²) in [7, 11) is 0. The molecule has 0 bridgehead atoms.